The van der Waals surface area contributed by atoms with Gasteiger partial charge in [-0.15, -0.1) is 24.0 Å². The highest BCUT2D eigenvalue weighted by atomic mass is 127. The molecule has 0 saturated carbocycles. The summed E-state index contributed by atoms with van der Waals surface area (Å²) in [5, 5.41) is 18.8. The summed E-state index contributed by atoms with van der Waals surface area (Å²) >= 11 is 0. The van der Waals surface area contributed by atoms with Gasteiger partial charge in [-0.3, -0.25) is 9.79 Å². The molecule has 2 aromatic rings. The molecule has 2 aromatic carbocycles. The van der Waals surface area contributed by atoms with Gasteiger partial charge in [0.05, 0.1) is 5.69 Å². The van der Waals surface area contributed by atoms with Crippen LogP contribution in [0.1, 0.15) is 30.1 Å². The molecule has 180 valence electrons. The number of hydrogen-bond acceptors (Lipinski definition) is 4. The predicted octanol–water partition coefficient (Wildman–Crippen LogP) is 3.24. The maximum atomic E-state index is 14.1. The number of anilines is 1. The molecule has 1 heterocycles. The van der Waals surface area contributed by atoms with E-state index in [4.69, 9.17) is 0 Å². The van der Waals surface area contributed by atoms with Crippen molar-refractivity contribution in [3.05, 3.63) is 59.7 Å². The lowest BCUT2D eigenvalue weighted by atomic mass is 10.2. The summed E-state index contributed by atoms with van der Waals surface area (Å²) in [7, 11) is 0. The van der Waals surface area contributed by atoms with Crippen LogP contribution in [0.3, 0.4) is 0 Å². The second kappa shape index (κ2) is 13.2. The van der Waals surface area contributed by atoms with Gasteiger partial charge in [0.25, 0.3) is 5.91 Å². The fraction of sp³-hybridized carbons (Fsp3) is 0.391. The van der Waals surface area contributed by atoms with Crippen LogP contribution in [0.25, 0.3) is 0 Å². The maximum absolute atomic E-state index is 14.1. The molecule has 1 unspecified atom stereocenters. The SMILES string of the molecule is CCNC(=NCCCNC(=O)c1cccc(O)c1)NC1CCN(c2ccc(F)cc2F)C1.I. The average molecular weight is 573 g/mol. The number of carbonyl (C=O) groups is 1. The minimum atomic E-state index is -0.584. The van der Waals surface area contributed by atoms with E-state index in [9.17, 15) is 18.7 Å². The van der Waals surface area contributed by atoms with E-state index in [1.165, 1.54) is 24.3 Å². The zero-order chi connectivity index (χ0) is 22.9. The van der Waals surface area contributed by atoms with Gasteiger partial charge in [-0.1, -0.05) is 6.07 Å². The van der Waals surface area contributed by atoms with E-state index in [1.54, 1.807) is 12.1 Å². The Kier molecular flexibility index (Phi) is 10.6. The number of hydrogen-bond donors (Lipinski definition) is 4. The lowest BCUT2D eigenvalue weighted by molar-refractivity contribution is 0.0953. The molecular weight excluding hydrogens is 543 g/mol. The monoisotopic (exact) mass is 573 g/mol. The topological polar surface area (TPSA) is 89.0 Å². The van der Waals surface area contributed by atoms with Crippen LogP contribution in [0.2, 0.25) is 0 Å². The van der Waals surface area contributed by atoms with Gasteiger partial charge in [-0.25, -0.2) is 8.78 Å². The quantitative estimate of drug-likeness (QED) is 0.169. The van der Waals surface area contributed by atoms with Gasteiger partial charge in [0.2, 0.25) is 0 Å². The molecule has 1 aliphatic rings. The number of nitrogens with zero attached hydrogens (tertiary/aromatic N) is 2. The van der Waals surface area contributed by atoms with Crippen LogP contribution in [0.15, 0.2) is 47.5 Å². The summed E-state index contributed by atoms with van der Waals surface area (Å²) in [6, 6.07) is 9.93. The van der Waals surface area contributed by atoms with E-state index in [-0.39, 0.29) is 41.7 Å². The molecule has 0 aromatic heterocycles. The normalized spacial score (nSPS) is 15.7. The van der Waals surface area contributed by atoms with Crippen LogP contribution in [0, 0.1) is 11.6 Å². The van der Waals surface area contributed by atoms with Crippen molar-refractivity contribution in [3.8, 4) is 5.75 Å². The van der Waals surface area contributed by atoms with Gasteiger partial charge in [-0.05, 0) is 50.1 Å². The number of halogens is 3. The van der Waals surface area contributed by atoms with E-state index in [0.29, 0.717) is 56.4 Å². The van der Waals surface area contributed by atoms with E-state index in [0.717, 1.165) is 12.5 Å². The van der Waals surface area contributed by atoms with E-state index in [1.807, 2.05) is 11.8 Å². The Balaban J connectivity index is 0.00000385. The fourth-order valence-corrected chi connectivity index (χ4v) is 3.57. The molecular formula is C23H30F2IN5O2. The van der Waals surface area contributed by atoms with Crippen LogP contribution in [0.4, 0.5) is 14.5 Å². The van der Waals surface area contributed by atoms with Gasteiger partial charge in [0.15, 0.2) is 5.96 Å². The number of amides is 1. The van der Waals surface area contributed by atoms with Crippen molar-refractivity contribution in [2.24, 2.45) is 4.99 Å². The Morgan fingerprint density at radius 3 is 2.76 bits per heavy atom. The number of phenols is 1. The van der Waals surface area contributed by atoms with Crippen molar-refractivity contribution < 1.29 is 18.7 Å². The first-order chi connectivity index (χ1) is 15.5. The Bertz CT molecular complexity index is 960. The standard InChI is InChI=1S/C23H29F2N5O2.HI/c1-2-26-23(28-11-4-10-27-22(32)16-5-3-6-19(31)13-16)29-18-9-12-30(15-18)21-8-7-17(24)14-20(21)25;/h3,5-8,13-14,18,31H,2,4,9-12,15H2,1H3,(H,27,32)(H2,26,28,29);1H. The Labute approximate surface area is 209 Å². The number of aliphatic imine (C=N–C) groups is 1. The number of guanidine groups is 1. The van der Waals surface area contributed by atoms with Gasteiger partial charge in [0.1, 0.15) is 17.4 Å². The predicted molar refractivity (Wildman–Crippen MR) is 137 cm³/mol. The van der Waals surface area contributed by atoms with Crippen molar-refractivity contribution in [2.75, 3.05) is 37.6 Å². The first kappa shape index (κ1) is 26.6. The van der Waals surface area contributed by atoms with Crippen molar-refractivity contribution in [1.82, 2.24) is 16.0 Å². The molecule has 1 saturated heterocycles. The molecule has 1 fully saturated rings. The van der Waals surface area contributed by atoms with Crippen molar-refractivity contribution in [2.45, 2.75) is 25.8 Å². The number of aromatic hydroxyl groups is 1. The highest BCUT2D eigenvalue weighted by molar-refractivity contribution is 14.0. The minimum absolute atomic E-state index is 0. The van der Waals surface area contributed by atoms with Gasteiger partial charge in [-0.2, -0.15) is 0 Å². The van der Waals surface area contributed by atoms with Crippen LogP contribution < -0.4 is 20.9 Å². The molecule has 0 aliphatic carbocycles. The first-order valence-corrected chi connectivity index (χ1v) is 10.8. The lowest BCUT2D eigenvalue weighted by Crippen LogP contribution is -2.44. The van der Waals surface area contributed by atoms with Crippen LogP contribution in [-0.4, -0.2) is 55.7 Å². The Morgan fingerprint density at radius 1 is 1.21 bits per heavy atom. The first-order valence-electron chi connectivity index (χ1n) is 10.8. The summed E-state index contributed by atoms with van der Waals surface area (Å²) in [5.74, 6) is -0.665. The largest absolute Gasteiger partial charge is 0.508 e. The van der Waals surface area contributed by atoms with Gasteiger partial charge < -0.3 is 26.0 Å². The Morgan fingerprint density at radius 2 is 2.03 bits per heavy atom. The molecule has 3 rings (SSSR count). The van der Waals surface area contributed by atoms with E-state index in [2.05, 4.69) is 20.9 Å². The third-order valence-corrected chi connectivity index (χ3v) is 5.12. The van der Waals surface area contributed by atoms with Gasteiger partial charge in [0, 0.05) is 50.4 Å². The van der Waals surface area contributed by atoms with Crippen LogP contribution in [-0.2, 0) is 0 Å². The average Bonchev–Trinajstić information content (AvgIpc) is 3.21. The maximum Gasteiger partial charge on any atom is 0.251 e. The van der Waals surface area contributed by atoms with Gasteiger partial charge >= 0.3 is 0 Å². The van der Waals surface area contributed by atoms with E-state index < -0.39 is 11.6 Å². The molecule has 0 spiro atoms. The third-order valence-electron chi connectivity index (χ3n) is 5.12. The number of phenolic OH excluding ortho intramolecular Hbond substituents is 1. The second-order valence-electron chi connectivity index (χ2n) is 7.59. The molecule has 10 heteroatoms. The lowest BCUT2D eigenvalue weighted by Gasteiger charge is -2.21. The highest BCUT2D eigenvalue weighted by Gasteiger charge is 2.25. The molecule has 7 nitrogen and oxygen atoms in total. The summed E-state index contributed by atoms with van der Waals surface area (Å²) in [4.78, 5) is 18.5. The van der Waals surface area contributed by atoms with E-state index >= 15 is 0 Å². The molecule has 33 heavy (non-hydrogen) atoms. The number of nitrogens with one attached hydrogen (secondary N) is 3. The molecule has 1 amide bonds. The zero-order valence-electron chi connectivity index (χ0n) is 18.5. The molecule has 0 radical (unpaired) electrons. The molecule has 4 N–H and O–H groups in total. The smallest absolute Gasteiger partial charge is 0.251 e. The summed E-state index contributed by atoms with van der Waals surface area (Å²) < 4.78 is 27.2. The Hall–Kier alpha value is -2.63. The highest BCUT2D eigenvalue weighted by Crippen LogP contribution is 2.24. The van der Waals surface area contributed by atoms with Crippen molar-refractivity contribution >= 4 is 41.5 Å². The number of carbonyl (C=O) groups excluding carboxylic acids is 1. The molecule has 0 bridgehead atoms. The van der Waals surface area contributed by atoms with Crippen LogP contribution >= 0.6 is 24.0 Å². The third kappa shape index (κ3) is 8.02. The summed E-state index contributed by atoms with van der Waals surface area (Å²) in [6.45, 7) is 4.90. The zero-order valence-corrected chi connectivity index (χ0v) is 20.8. The summed E-state index contributed by atoms with van der Waals surface area (Å²) in [6.07, 6.45) is 1.46. The minimum Gasteiger partial charge on any atom is -0.508 e. The summed E-state index contributed by atoms with van der Waals surface area (Å²) in [5.41, 5.74) is 0.812. The second-order valence-corrected chi connectivity index (χ2v) is 7.59. The number of benzene rings is 2. The van der Waals surface area contributed by atoms with Crippen LogP contribution in [0.5, 0.6) is 5.75 Å². The van der Waals surface area contributed by atoms with Crippen molar-refractivity contribution in [3.63, 3.8) is 0 Å². The number of rotatable bonds is 8. The molecule has 1 atom stereocenters. The van der Waals surface area contributed by atoms with Crippen molar-refractivity contribution in [1.29, 1.82) is 0 Å². The molecule has 1 aliphatic heterocycles. The fourth-order valence-electron chi connectivity index (χ4n) is 3.57.